The zero-order chi connectivity index (χ0) is 20.7. The molecule has 150 valence electrons. The third kappa shape index (κ3) is 6.68. The van der Waals surface area contributed by atoms with Gasteiger partial charge < -0.3 is 15.4 Å². The molecule has 0 fully saturated rings. The summed E-state index contributed by atoms with van der Waals surface area (Å²) in [6, 6.07) is 12.3. The van der Waals surface area contributed by atoms with Crippen LogP contribution in [0.15, 0.2) is 46.9 Å². The standard InChI is InChI=1S/C22H27BrN2O3/c1-14(2)10-11-28-20-9-8-17(23)13-19(20)22(27)25-18-7-5-6-16(12-18)21(26)24-15(3)4/h5-9,12-15H,10-11H2,1-4H3,(H,24,26)(H,25,27). The lowest BCUT2D eigenvalue weighted by atomic mass is 10.1. The fourth-order valence-electron chi connectivity index (χ4n) is 2.49. The van der Waals surface area contributed by atoms with Gasteiger partial charge in [0.05, 0.1) is 12.2 Å². The average molecular weight is 447 g/mol. The van der Waals surface area contributed by atoms with E-state index >= 15 is 0 Å². The number of rotatable bonds is 8. The first-order chi connectivity index (χ1) is 13.3. The Hall–Kier alpha value is -2.34. The van der Waals surface area contributed by atoms with Crippen molar-refractivity contribution in [3.8, 4) is 5.75 Å². The maximum Gasteiger partial charge on any atom is 0.259 e. The summed E-state index contributed by atoms with van der Waals surface area (Å²) in [5, 5.41) is 5.70. The molecule has 2 N–H and O–H groups in total. The number of benzene rings is 2. The third-order valence-corrected chi connectivity index (χ3v) is 4.43. The van der Waals surface area contributed by atoms with Gasteiger partial charge in [-0.3, -0.25) is 9.59 Å². The highest BCUT2D eigenvalue weighted by Crippen LogP contribution is 2.25. The first-order valence-corrected chi connectivity index (χ1v) is 10.2. The minimum absolute atomic E-state index is 0.0398. The highest BCUT2D eigenvalue weighted by Gasteiger charge is 2.15. The zero-order valence-corrected chi connectivity index (χ0v) is 18.3. The second kappa shape index (κ2) is 10.3. The Morgan fingerprint density at radius 1 is 1.04 bits per heavy atom. The van der Waals surface area contributed by atoms with Crippen LogP contribution in [0.4, 0.5) is 5.69 Å². The second-order valence-electron chi connectivity index (χ2n) is 7.33. The predicted octanol–water partition coefficient (Wildman–Crippen LogP) is 5.26. The van der Waals surface area contributed by atoms with Crippen molar-refractivity contribution in [1.82, 2.24) is 5.32 Å². The van der Waals surface area contributed by atoms with Gasteiger partial charge in [-0.15, -0.1) is 0 Å². The lowest BCUT2D eigenvalue weighted by Gasteiger charge is -2.14. The van der Waals surface area contributed by atoms with Gasteiger partial charge in [0.25, 0.3) is 11.8 Å². The van der Waals surface area contributed by atoms with Gasteiger partial charge in [-0.2, -0.15) is 0 Å². The summed E-state index contributed by atoms with van der Waals surface area (Å²) in [6.07, 6.45) is 0.907. The summed E-state index contributed by atoms with van der Waals surface area (Å²) in [5.41, 5.74) is 1.49. The van der Waals surface area contributed by atoms with E-state index in [2.05, 4.69) is 40.4 Å². The molecular formula is C22H27BrN2O3. The first kappa shape index (κ1) is 22.0. The van der Waals surface area contributed by atoms with Crippen LogP contribution in [0.3, 0.4) is 0 Å². The number of carbonyl (C=O) groups excluding carboxylic acids is 2. The van der Waals surface area contributed by atoms with Gasteiger partial charge in [-0.05, 0) is 62.6 Å². The van der Waals surface area contributed by atoms with E-state index in [1.54, 1.807) is 36.4 Å². The molecule has 0 atom stereocenters. The summed E-state index contributed by atoms with van der Waals surface area (Å²) in [5.74, 6) is 0.594. The number of nitrogens with one attached hydrogen (secondary N) is 2. The van der Waals surface area contributed by atoms with Gasteiger partial charge in [0.1, 0.15) is 5.75 Å². The van der Waals surface area contributed by atoms with E-state index in [9.17, 15) is 9.59 Å². The number of anilines is 1. The lowest BCUT2D eigenvalue weighted by Crippen LogP contribution is -2.30. The predicted molar refractivity (Wildman–Crippen MR) is 116 cm³/mol. The van der Waals surface area contributed by atoms with E-state index in [1.165, 1.54) is 0 Å². The van der Waals surface area contributed by atoms with Crippen molar-refractivity contribution in [2.24, 2.45) is 5.92 Å². The maximum absolute atomic E-state index is 12.8. The van der Waals surface area contributed by atoms with Crippen LogP contribution in [0.2, 0.25) is 0 Å². The van der Waals surface area contributed by atoms with Gasteiger partial charge in [0.15, 0.2) is 0 Å². The van der Waals surface area contributed by atoms with E-state index in [4.69, 9.17) is 4.74 Å². The number of ether oxygens (including phenoxy) is 1. The zero-order valence-electron chi connectivity index (χ0n) is 16.7. The molecule has 0 radical (unpaired) electrons. The average Bonchev–Trinajstić information content (AvgIpc) is 2.62. The molecule has 2 amide bonds. The van der Waals surface area contributed by atoms with Gasteiger partial charge in [-0.25, -0.2) is 0 Å². The third-order valence-electron chi connectivity index (χ3n) is 3.94. The van der Waals surface area contributed by atoms with E-state index in [1.807, 2.05) is 19.9 Å². The Morgan fingerprint density at radius 2 is 1.79 bits per heavy atom. The Bertz CT molecular complexity index is 834. The number of amides is 2. The molecule has 0 bridgehead atoms. The van der Waals surface area contributed by atoms with Crippen LogP contribution in [0.5, 0.6) is 5.75 Å². The minimum atomic E-state index is -0.290. The SMILES string of the molecule is CC(C)CCOc1ccc(Br)cc1C(=O)Nc1cccc(C(=O)NC(C)C)c1. The van der Waals surface area contributed by atoms with Crippen molar-refractivity contribution in [1.29, 1.82) is 0 Å². The second-order valence-corrected chi connectivity index (χ2v) is 8.25. The molecule has 0 aromatic heterocycles. The Kier molecular flexibility index (Phi) is 8.05. The molecular weight excluding hydrogens is 420 g/mol. The monoisotopic (exact) mass is 446 g/mol. The number of carbonyl (C=O) groups is 2. The Labute approximate surface area is 175 Å². The largest absolute Gasteiger partial charge is 0.493 e. The first-order valence-electron chi connectivity index (χ1n) is 9.41. The molecule has 6 heteroatoms. The van der Waals surface area contributed by atoms with Crippen molar-refractivity contribution in [3.05, 3.63) is 58.1 Å². The molecule has 2 aromatic carbocycles. The molecule has 28 heavy (non-hydrogen) atoms. The Morgan fingerprint density at radius 3 is 2.46 bits per heavy atom. The highest BCUT2D eigenvalue weighted by molar-refractivity contribution is 9.10. The van der Waals surface area contributed by atoms with Gasteiger partial charge in [0.2, 0.25) is 0 Å². The normalized spacial score (nSPS) is 10.8. The number of hydrogen-bond acceptors (Lipinski definition) is 3. The Balaban J connectivity index is 2.16. The minimum Gasteiger partial charge on any atom is -0.493 e. The van der Waals surface area contributed by atoms with Crippen LogP contribution in [0, 0.1) is 5.92 Å². The van der Waals surface area contributed by atoms with Gasteiger partial charge in [0, 0.05) is 21.8 Å². The summed E-state index contributed by atoms with van der Waals surface area (Å²) < 4.78 is 6.61. The van der Waals surface area contributed by atoms with Gasteiger partial charge in [-0.1, -0.05) is 35.8 Å². The molecule has 0 heterocycles. The molecule has 2 aromatic rings. The molecule has 0 aliphatic heterocycles. The molecule has 0 spiro atoms. The number of hydrogen-bond donors (Lipinski definition) is 2. The van der Waals surface area contributed by atoms with Crippen molar-refractivity contribution in [2.75, 3.05) is 11.9 Å². The van der Waals surface area contributed by atoms with E-state index in [-0.39, 0.29) is 17.9 Å². The van der Waals surface area contributed by atoms with Crippen molar-refractivity contribution in [2.45, 2.75) is 40.2 Å². The van der Waals surface area contributed by atoms with Crippen molar-refractivity contribution in [3.63, 3.8) is 0 Å². The van der Waals surface area contributed by atoms with Crippen LogP contribution >= 0.6 is 15.9 Å². The highest BCUT2D eigenvalue weighted by atomic mass is 79.9. The molecule has 0 unspecified atom stereocenters. The molecule has 0 saturated heterocycles. The summed E-state index contributed by atoms with van der Waals surface area (Å²) in [7, 11) is 0. The van der Waals surface area contributed by atoms with Crippen molar-refractivity contribution >= 4 is 33.4 Å². The fourth-order valence-corrected chi connectivity index (χ4v) is 2.85. The van der Waals surface area contributed by atoms with Crippen LogP contribution in [0.25, 0.3) is 0 Å². The fraction of sp³-hybridized carbons (Fsp3) is 0.364. The smallest absolute Gasteiger partial charge is 0.259 e. The quantitative estimate of drug-likeness (QED) is 0.580. The molecule has 0 aliphatic rings. The molecule has 0 saturated carbocycles. The number of halogens is 1. The molecule has 2 rings (SSSR count). The lowest BCUT2D eigenvalue weighted by molar-refractivity contribution is 0.0941. The maximum atomic E-state index is 12.8. The van der Waals surface area contributed by atoms with Crippen LogP contribution in [-0.2, 0) is 0 Å². The van der Waals surface area contributed by atoms with E-state index < -0.39 is 0 Å². The summed E-state index contributed by atoms with van der Waals surface area (Å²) >= 11 is 3.41. The summed E-state index contributed by atoms with van der Waals surface area (Å²) in [6.45, 7) is 8.60. The van der Waals surface area contributed by atoms with Gasteiger partial charge >= 0.3 is 0 Å². The van der Waals surface area contributed by atoms with E-state index in [0.29, 0.717) is 35.1 Å². The van der Waals surface area contributed by atoms with Crippen LogP contribution in [0.1, 0.15) is 54.8 Å². The summed E-state index contributed by atoms with van der Waals surface area (Å²) in [4.78, 5) is 25.0. The molecule has 0 aliphatic carbocycles. The van der Waals surface area contributed by atoms with E-state index in [0.717, 1.165) is 10.9 Å². The van der Waals surface area contributed by atoms with Crippen LogP contribution < -0.4 is 15.4 Å². The molecule has 5 nitrogen and oxygen atoms in total. The van der Waals surface area contributed by atoms with Crippen molar-refractivity contribution < 1.29 is 14.3 Å². The van der Waals surface area contributed by atoms with Crippen LogP contribution in [-0.4, -0.2) is 24.5 Å². The topological polar surface area (TPSA) is 67.4 Å².